The Bertz CT molecular complexity index is 519. The number of carbonyl (C=O) groups is 1. The monoisotopic (exact) mass is 228 g/mol. The van der Waals surface area contributed by atoms with Gasteiger partial charge in [0.2, 0.25) is 5.01 Å². The van der Waals surface area contributed by atoms with E-state index in [1.54, 1.807) is 12.4 Å². The third kappa shape index (κ3) is 2.70. The van der Waals surface area contributed by atoms with Crippen LogP contribution in [0.5, 0.6) is 0 Å². The first-order valence-corrected chi connectivity index (χ1v) is 5.10. The van der Waals surface area contributed by atoms with Crippen molar-refractivity contribution in [3.8, 4) is 10.4 Å². The first kappa shape index (κ1) is 12.9. The molecular weight excluding hydrogens is 219 g/mol. The van der Waals surface area contributed by atoms with Crippen LogP contribution >= 0.6 is 11.3 Å². The number of aryl methyl sites for hydroxylation is 1. The number of carboxylic acids is 1. The van der Waals surface area contributed by atoms with Gasteiger partial charge in [-0.15, -0.1) is 11.3 Å². The minimum absolute atomic E-state index is 0. The number of thiazole rings is 1. The van der Waals surface area contributed by atoms with E-state index in [0.29, 0.717) is 0 Å². The summed E-state index contributed by atoms with van der Waals surface area (Å²) in [5.41, 5.74) is 1.85. The quantitative estimate of drug-likeness (QED) is 0.692. The van der Waals surface area contributed by atoms with Crippen LogP contribution in [-0.2, 0) is 0 Å². The van der Waals surface area contributed by atoms with Crippen molar-refractivity contribution in [2.75, 3.05) is 0 Å². The minimum Gasteiger partial charge on any atom is -1.00 e. The second kappa shape index (κ2) is 5.26. The molecule has 0 unspecified atom stereocenters. The zero-order valence-electron chi connectivity index (χ0n) is 9.97. The molecule has 16 heavy (non-hydrogen) atoms. The van der Waals surface area contributed by atoms with E-state index < -0.39 is 5.97 Å². The van der Waals surface area contributed by atoms with Gasteiger partial charge in [-0.3, -0.25) is 4.98 Å². The Morgan fingerprint density at radius 1 is 1.50 bits per heavy atom. The summed E-state index contributed by atoms with van der Waals surface area (Å²) in [7, 11) is 0. The summed E-state index contributed by atoms with van der Waals surface area (Å²) in [6.45, 7) is 1.89. The number of hydrogen-bond acceptors (Lipinski definition) is 4. The molecule has 0 aromatic carbocycles. The van der Waals surface area contributed by atoms with Gasteiger partial charge in [-0.2, -0.15) is 0 Å². The van der Waals surface area contributed by atoms with Crippen molar-refractivity contribution in [3.63, 3.8) is 0 Å². The molecule has 0 radical (unpaired) electrons. The van der Waals surface area contributed by atoms with Crippen LogP contribution in [0, 0.1) is 6.92 Å². The number of hydrogen-bond donors (Lipinski definition) is 1. The minimum atomic E-state index is -0.989. The second-order valence-corrected chi connectivity index (χ2v) is 4.05. The van der Waals surface area contributed by atoms with E-state index in [9.17, 15) is 4.79 Å². The maximum Gasteiger partial charge on any atom is 1.00 e. The van der Waals surface area contributed by atoms with Crippen LogP contribution in [0.2, 0.25) is 0 Å². The fourth-order valence-corrected chi connectivity index (χ4v) is 1.96. The van der Waals surface area contributed by atoms with Crippen LogP contribution in [0.15, 0.2) is 24.5 Å². The molecule has 0 aliphatic rings. The number of nitrogens with zero attached hydrogens (tertiary/aromatic N) is 2. The van der Waals surface area contributed by atoms with Crippen LogP contribution in [0.4, 0.5) is 0 Å². The molecule has 0 fully saturated rings. The molecule has 78 valence electrons. The van der Waals surface area contributed by atoms with E-state index in [2.05, 4.69) is 9.97 Å². The third-order valence-corrected chi connectivity index (χ3v) is 2.90. The Kier molecular flexibility index (Phi) is 4.24. The standard InChI is InChI=1S/C10H8N2O2S.Li.H/c1-6-4-7(2-3-11-6)8-5-12-9(15-8)10(13)14;;/h2-5H,1H3,(H,13,14);;/q;+1;-1. The maximum atomic E-state index is 10.6. The van der Waals surface area contributed by atoms with Gasteiger partial charge in [0.05, 0.1) is 4.88 Å². The van der Waals surface area contributed by atoms with Crippen LogP contribution in [0.1, 0.15) is 16.9 Å². The van der Waals surface area contributed by atoms with E-state index >= 15 is 0 Å². The van der Waals surface area contributed by atoms with Gasteiger partial charge in [-0.25, -0.2) is 9.78 Å². The van der Waals surface area contributed by atoms with Gasteiger partial charge in [0.1, 0.15) is 0 Å². The van der Waals surface area contributed by atoms with Crippen molar-refractivity contribution < 1.29 is 30.2 Å². The number of rotatable bonds is 2. The SMILES string of the molecule is Cc1cc(-c2cnc(C(=O)O)s2)ccn1.[H-].[Li+]. The first-order valence-electron chi connectivity index (χ1n) is 4.29. The summed E-state index contributed by atoms with van der Waals surface area (Å²) in [6, 6.07) is 3.74. The molecule has 2 rings (SSSR count). The van der Waals surface area contributed by atoms with Crippen molar-refractivity contribution >= 4 is 17.3 Å². The van der Waals surface area contributed by atoms with Gasteiger partial charge >= 0.3 is 24.8 Å². The van der Waals surface area contributed by atoms with E-state index in [4.69, 9.17) is 5.11 Å². The Morgan fingerprint density at radius 3 is 2.81 bits per heavy atom. The van der Waals surface area contributed by atoms with Crippen molar-refractivity contribution in [3.05, 3.63) is 35.2 Å². The smallest absolute Gasteiger partial charge is 1.00 e. The molecule has 0 atom stereocenters. The van der Waals surface area contributed by atoms with Crippen molar-refractivity contribution in [2.45, 2.75) is 6.92 Å². The van der Waals surface area contributed by atoms with Gasteiger partial charge in [-0.05, 0) is 24.6 Å². The molecule has 6 heteroatoms. The van der Waals surface area contributed by atoms with Crippen molar-refractivity contribution in [1.82, 2.24) is 9.97 Å². The average molecular weight is 228 g/mol. The average Bonchev–Trinajstić information content (AvgIpc) is 2.66. The number of aromatic carboxylic acids is 1. The van der Waals surface area contributed by atoms with Crippen LogP contribution in [0.25, 0.3) is 10.4 Å². The number of aromatic nitrogens is 2. The summed E-state index contributed by atoms with van der Waals surface area (Å²) in [6.07, 6.45) is 3.27. The summed E-state index contributed by atoms with van der Waals surface area (Å²) < 4.78 is 0. The molecule has 0 bridgehead atoms. The van der Waals surface area contributed by atoms with Gasteiger partial charge in [0, 0.05) is 18.1 Å². The zero-order chi connectivity index (χ0) is 10.8. The largest absolute Gasteiger partial charge is 1.00 e. The third-order valence-electron chi connectivity index (χ3n) is 1.87. The number of carboxylic acid groups (broad SMARTS) is 1. The van der Waals surface area contributed by atoms with Gasteiger partial charge in [0.25, 0.3) is 0 Å². The second-order valence-electron chi connectivity index (χ2n) is 3.02. The normalized spacial score (nSPS) is 9.56. The van der Waals surface area contributed by atoms with E-state index in [1.165, 1.54) is 0 Å². The predicted octanol–water partition coefficient (Wildman–Crippen LogP) is -0.672. The molecule has 0 spiro atoms. The van der Waals surface area contributed by atoms with Crippen molar-refractivity contribution in [2.24, 2.45) is 0 Å². The zero-order valence-corrected chi connectivity index (χ0v) is 9.78. The molecule has 0 saturated heterocycles. The fourth-order valence-electron chi connectivity index (χ4n) is 1.21. The van der Waals surface area contributed by atoms with E-state index in [0.717, 1.165) is 27.5 Å². The first-order chi connectivity index (χ1) is 7.16. The molecule has 0 aliphatic carbocycles. The summed E-state index contributed by atoms with van der Waals surface area (Å²) in [5, 5.41) is 8.85. The van der Waals surface area contributed by atoms with Crippen LogP contribution in [0.3, 0.4) is 0 Å². The Balaban J connectivity index is 0.00000128. The molecule has 0 aliphatic heterocycles. The summed E-state index contributed by atoms with van der Waals surface area (Å²) in [4.78, 5) is 19.4. The number of pyridine rings is 1. The molecule has 0 amide bonds. The Hall–Kier alpha value is -1.15. The van der Waals surface area contributed by atoms with Gasteiger partial charge in [-0.1, -0.05) is 0 Å². The van der Waals surface area contributed by atoms with Crippen LogP contribution < -0.4 is 18.9 Å². The Morgan fingerprint density at radius 2 is 2.25 bits per heavy atom. The summed E-state index contributed by atoms with van der Waals surface area (Å²) >= 11 is 1.16. The molecule has 2 aromatic rings. The summed E-state index contributed by atoms with van der Waals surface area (Å²) in [5.74, 6) is -0.989. The molecule has 1 N–H and O–H groups in total. The topological polar surface area (TPSA) is 63.1 Å². The molecule has 0 saturated carbocycles. The predicted molar refractivity (Wildman–Crippen MR) is 58.2 cm³/mol. The molecule has 2 aromatic heterocycles. The fraction of sp³-hybridized carbons (Fsp3) is 0.100. The molecule has 2 heterocycles. The van der Waals surface area contributed by atoms with Crippen LogP contribution in [-0.4, -0.2) is 21.0 Å². The van der Waals surface area contributed by atoms with E-state index in [-0.39, 0.29) is 25.3 Å². The van der Waals surface area contributed by atoms with E-state index in [1.807, 2.05) is 19.1 Å². The molecule has 4 nitrogen and oxygen atoms in total. The Labute approximate surface area is 110 Å². The van der Waals surface area contributed by atoms with Gasteiger partial charge in [0.15, 0.2) is 0 Å². The maximum absolute atomic E-state index is 10.6. The molecular formula is C10H9LiN2O2S. The van der Waals surface area contributed by atoms with Crippen molar-refractivity contribution in [1.29, 1.82) is 0 Å². The van der Waals surface area contributed by atoms with Gasteiger partial charge < -0.3 is 6.53 Å².